The summed E-state index contributed by atoms with van der Waals surface area (Å²) >= 11 is 1.34. The Kier molecular flexibility index (Phi) is 4.44. The molecular weight excluding hydrogens is 334 g/mol. The molecule has 0 bridgehead atoms. The fourth-order valence-corrected chi connectivity index (χ4v) is 3.80. The van der Waals surface area contributed by atoms with Crippen molar-refractivity contribution in [2.45, 2.75) is 30.8 Å². The number of hydrogen-bond acceptors (Lipinski definition) is 5. The van der Waals surface area contributed by atoms with E-state index in [9.17, 15) is 4.79 Å². The van der Waals surface area contributed by atoms with E-state index in [0.29, 0.717) is 17.7 Å². The average molecular weight is 353 g/mol. The number of hydrogen-bond donors (Lipinski definition) is 0. The molecule has 1 saturated carbocycles. The lowest BCUT2D eigenvalue weighted by Gasteiger charge is -2.13. The summed E-state index contributed by atoms with van der Waals surface area (Å²) in [5.41, 5.74) is 2.46. The third kappa shape index (κ3) is 3.26. The van der Waals surface area contributed by atoms with Crippen LogP contribution in [-0.4, -0.2) is 33.1 Å². The van der Waals surface area contributed by atoms with Crippen LogP contribution in [0.25, 0.3) is 16.5 Å². The van der Waals surface area contributed by atoms with Crippen LogP contribution in [-0.2, 0) is 9.53 Å². The second-order valence-electron chi connectivity index (χ2n) is 6.07. The maximum absolute atomic E-state index is 11.6. The molecule has 0 saturated heterocycles. The van der Waals surface area contributed by atoms with Gasteiger partial charge in [-0.3, -0.25) is 9.36 Å². The van der Waals surface area contributed by atoms with Crippen molar-refractivity contribution in [3.05, 3.63) is 48.3 Å². The van der Waals surface area contributed by atoms with Crippen molar-refractivity contribution >= 4 is 28.5 Å². The molecule has 0 aliphatic heterocycles. The van der Waals surface area contributed by atoms with Gasteiger partial charge in [-0.25, -0.2) is 0 Å². The number of rotatable bonds is 6. The number of carbonyl (C=O) groups excluding carboxylic acids is 1. The predicted molar refractivity (Wildman–Crippen MR) is 98.2 cm³/mol. The molecule has 0 atom stereocenters. The molecule has 0 radical (unpaired) electrons. The molecule has 1 fully saturated rings. The van der Waals surface area contributed by atoms with Gasteiger partial charge in [0.1, 0.15) is 6.33 Å². The third-order valence-corrected chi connectivity index (χ3v) is 5.27. The molecule has 5 nitrogen and oxygen atoms in total. The van der Waals surface area contributed by atoms with E-state index in [2.05, 4.69) is 46.6 Å². The zero-order valence-electron chi connectivity index (χ0n) is 14.0. The molecule has 6 heteroatoms. The summed E-state index contributed by atoms with van der Waals surface area (Å²) in [4.78, 5) is 11.6. The Balaban J connectivity index is 1.70. The van der Waals surface area contributed by atoms with Crippen LogP contribution in [0.1, 0.15) is 31.2 Å². The van der Waals surface area contributed by atoms with Gasteiger partial charge in [0, 0.05) is 5.39 Å². The first-order valence-corrected chi connectivity index (χ1v) is 9.47. The lowest BCUT2D eigenvalue weighted by Crippen LogP contribution is -2.07. The quantitative estimate of drug-likeness (QED) is 0.496. The Morgan fingerprint density at radius 2 is 2.04 bits per heavy atom. The minimum atomic E-state index is -0.240. The minimum Gasteiger partial charge on any atom is -0.465 e. The molecule has 0 N–H and O–H groups in total. The highest BCUT2D eigenvalue weighted by Crippen LogP contribution is 2.44. The Morgan fingerprint density at radius 3 is 2.80 bits per heavy atom. The fraction of sp³-hybridized carbons (Fsp3) is 0.316. The van der Waals surface area contributed by atoms with Crippen LogP contribution in [0.4, 0.5) is 0 Å². The number of fused-ring (bicyclic) bond motifs is 1. The normalized spacial score (nSPS) is 14.0. The lowest BCUT2D eigenvalue weighted by molar-refractivity contribution is -0.139. The number of aromatic nitrogens is 3. The van der Waals surface area contributed by atoms with Crippen LogP contribution in [0.3, 0.4) is 0 Å². The highest BCUT2D eigenvalue weighted by molar-refractivity contribution is 7.99. The first kappa shape index (κ1) is 16.1. The van der Waals surface area contributed by atoms with Gasteiger partial charge in [0.05, 0.1) is 18.0 Å². The number of benzene rings is 2. The first-order chi connectivity index (χ1) is 12.3. The molecule has 3 aromatic rings. The molecule has 1 aliphatic carbocycles. The average Bonchev–Trinajstić information content (AvgIpc) is 3.37. The third-order valence-electron chi connectivity index (χ3n) is 4.35. The Labute approximate surface area is 150 Å². The monoisotopic (exact) mass is 353 g/mol. The molecule has 0 spiro atoms. The zero-order valence-corrected chi connectivity index (χ0v) is 14.8. The van der Waals surface area contributed by atoms with Crippen LogP contribution < -0.4 is 0 Å². The second kappa shape index (κ2) is 6.88. The van der Waals surface area contributed by atoms with Gasteiger partial charge in [-0.2, -0.15) is 0 Å². The topological polar surface area (TPSA) is 57.0 Å². The van der Waals surface area contributed by atoms with Gasteiger partial charge in [-0.05, 0) is 42.7 Å². The molecule has 1 aliphatic rings. The van der Waals surface area contributed by atoms with E-state index in [1.165, 1.54) is 40.9 Å². The lowest BCUT2D eigenvalue weighted by atomic mass is 9.99. The standard InChI is InChI=1S/C19H19N3O2S/c1-2-24-18(23)11-25-19-21-20-12-22(19)17-10-9-14(13-7-8-13)15-5-3-4-6-16(15)17/h3-6,9-10,12-13H,2,7-8,11H2,1H3. The van der Waals surface area contributed by atoms with Gasteiger partial charge in [0.2, 0.25) is 0 Å². The SMILES string of the molecule is CCOC(=O)CSc1nncn1-c1ccc(C2CC2)c2ccccc12. The molecule has 0 amide bonds. The molecule has 1 aromatic heterocycles. The highest BCUT2D eigenvalue weighted by atomic mass is 32.2. The van der Waals surface area contributed by atoms with Crippen LogP contribution in [0.5, 0.6) is 0 Å². The Hall–Kier alpha value is -2.34. The van der Waals surface area contributed by atoms with E-state index >= 15 is 0 Å². The highest BCUT2D eigenvalue weighted by Gasteiger charge is 2.26. The van der Waals surface area contributed by atoms with Gasteiger partial charge in [-0.1, -0.05) is 42.1 Å². The number of esters is 1. The largest absolute Gasteiger partial charge is 0.465 e. The maximum atomic E-state index is 11.6. The van der Waals surface area contributed by atoms with Crippen molar-refractivity contribution in [3.8, 4) is 5.69 Å². The van der Waals surface area contributed by atoms with Gasteiger partial charge in [0.15, 0.2) is 5.16 Å². The van der Waals surface area contributed by atoms with E-state index in [-0.39, 0.29) is 11.7 Å². The maximum Gasteiger partial charge on any atom is 0.316 e. The van der Waals surface area contributed by atoms with Crippen molar-refractivity contribution in [2.24, 2.45) is 0 Å². The van der Waals surface area contributed by atoms with Crippen LogP contribution in [0.15, 0.2) is 47.9 Å². The van der Waals surface area contributed by atoms with Gasteiger partial charge in [0.25, 0.3) is 0 Å². The predicted octanol–water partition coefficient (Wildman–Crippen LogP) is 3.95. The van der Waals surface area contributed by atoms with Crippen molar-refractivity contribution in [1.82, 2.24) is 14.8 Å². The summed E-state index contributed by atoms with van der Waals surface area (Å²) in [7, 11) is 0. The zero-order chi connectivity index (χ0) is 17.2. The van der Waals surface area contributed by atoms with Gasteiger partial charge >= 0.3 is 5.97 Å². The Bertz CT molecular complexity index is 918. The van der Waals surface area contributed by atoms with Crippen LogP contribution >= 0.6 is 11.8 Å². The van der Waals surface area contributed by atoms with Crippen molar-refractivity contribution in [3.63, 3.8) is 0 Å². The van der Waals surface area contributed by atoms with Gasteiger partial charge < -0.3 is 4.74 Å². The minimum absolute atomic E-state index is 0.227. The van der Waals surface area contributed by atoms with Crippen molar-refractivity contribution in [1.29, 1.82) is 0 Å². The number of thioether (sulfide) groups is 1. The van der Waals surface area contributed by atoms with E-state index in [1.807, 2.05) is 4.57 Å². The molecule has 0 unspecified atom stereocenters. The van der Waals surface area contributed by atoms with Crippen LogP contribution in [0, 0.1) is 0 Å². The molecule has 1 heterocycles. The Morgan fingerprint density at radius 1 is 1.24 bits per heavy atom. The van der Waals surface area contributed by atoms with Crippen LogP contribution in [0.2, 0.25) is 0 Å². The molecular formula is C19H19N3O2S. The van der Waals surface area contributed by atoms with E-state index in [4.69, 9.17) is 4.74 Å². The van der Waals surface area contributed by atoms with Gasteiger partial charge in [-0.15, -0.1) is 10.2 Å². The molecule has 128 valence electrons. The summed E-state index contributed by atoms with van der Waals surface area (Å²) in [6, 6.07) is 12.8. The van der Waals surface area contributed by atoms with Crippen molar-refractivity contribution < 1.29 is 9.53 Å². The summed E-state index contributed by atoms with van der Waals surface area (Å²) in [5, 5.41) is 11.4. The van der Waals surface area contributed by atoms with E-state index < -0.39 is 0 Å². The summed E-state index contributed by atoms with van der Waals surface area (Å²) < 4.78 is 6.94. The van der Waals surface area contributed by atoms with E-state index in [1.54, 1.807) is 13.3 Å². The number of ether oxygens (including phenoxy) is 1. The fourth-order valence-electron chi connectivity index (χ4n) is 3.08. The van der Waals surface area contributed by atoms with E-state index in [0.717, 1.165) is 5.69 Å². The molecule has 2 aromatic carbocycles. The molecule has 4 rings (SSSR count). The summed E-state index contributed by atoms with van der Waals surface area (Å²) in [5.74, 6) is 0.679. The number of nitrogens with zero attached hydrogens (tertiary/aromatic N) is 3. The first-order valence-electron chi connectivity index (χ1n) is 8.48. The number of carbonyl (C=O) groups is 1. The van der Waals surface area contributed by atoms with Crippen molar-refractivity contribution in [2.75, 3.05) is 12.4 Å². The summed E-state index contributed by atoms with van der Waals surface area (Å²) in [6.07, 6.45) is 4.25. The molecule has 25 heavy (non-hydrogen) atoms. The smallest absolute Gasteiger partial charge is 0.316 e. The summed E-state index contributed by atoms with van der Waals surface area (Å²) in [6.45, 7) is 2.19. The second-order valence-corrected chi connectivity index (χ2v) is 7.01.